The van der Waals surface area contributed by atoms with Crippen LogP contribution in [0, 0.1) is 18.8 Å². The van der Waals surface area contributed by atoms with Gasteiger partial charge in [-0.15, -0.1) is 0 Å². The van der Waals surface area contributed by atoms with Crippen molar-refractivity contribution in [2.24, 2.45) is 5.73 Å². The van der Waals surface area contributed by atoms with Crippen LogP contribution in [0.4, 0.5) is 0 Å². The number of benzene rings is 1. The smallest absolute Gasteiger partial charge is 0.251 e. The van der Waals surface area contributed by atoms with Gasteiger partial charge in [0, 0.05) is 17.2 Å². The second kappa shape index (κ2) is 7.26. The summed E-state index contributed by atoms with van der Waals surface area (Å²) in [5, 5.41) is 3.14. The minimum atomic E-state index is -0.00143. The fourth-order valence-corrected chi connectivity index (χ4v) is 2.58. The Morgan fingerprint density at radius 3 is 2.81 bits per heavy atom. The highest BCUT2D eigenvalue weighted by molar-refractivity contribution is 5.96. The lowest BCUT2D eigenvalue weighted by atomic mass is 10.0. The molecule has 21 heavy (non-hydrogen) atoms. The molecule has 0 atom stereocenters. The number of nitrogens with two attached hydrogens (primary N) is 1. The second-order valence-corrected chi connectivity index (χ2v) is 5.54. The van der Waals surface area contributed by atoms with Gasteiger partial charge in [0.05, 0.1) is 6.54 Å². The third-order valence-electron chi connectivity index (χ3n) is 3.96. The van der Waals surface area contributed by atoms with E-state index in [2.05, 4.69) is 29.1 Å². The van der Waals surface area contributed by atoms with Crippen LogP contribution in [0.25, 0.3) is 0 Å². The standard InChI is InChI=1S/C17H23N3O/c1-13-14(6-4-10-18)5-3-7-16(13)17(21)19-15-8-11-20(2)12-9-15/h3,5,7,15H,8-12,18H2,1-2H3,(H,19,21). The van der Waals surface area contributed by atoms with E-state index in [1.165, 1.54) is 0 Å². The summed E-state index contributed by atoms with van der Waals surface area (Å²) < 4.78 is 0. The van der Waals surface area contributed by atoms with Gasteiger partial charge < -0.3 is 16.0 Å². The van der Waals surface area contributed by atoms with Crippen LogP contribution in [-0.2, 0) is 0 Å². The molecule has 1 amide bonds. The number of piperidine rings is 1. The number of hydrogen-bond donors (Lipinski definition) is 2. The van der Waals surface area contributed by atoms with E-state index >= 15 is 0 Å². The molecule has 0 radical (unpaired) electrons. The monoisotopic (exact) mass is 285 g/mol. The Balaban J connectivity index is 2.09. The van der Waals surface area contributed by atoms with Crippen LogP contribution in [-0.4, -0.2) is 43.5 Å². The number of carbonyl (C=O) groups excluding carboxylic acids is 1. The van der Waals surface area contributed by atoms with Crippen molar-refractivity contribution in [3.63, 3.8) is 0 Å². The van der Waals surface area contributed by atoms with Crippen LogP contribution in [0.3, 0.4) is 0 Å². The maximum Gasteiger partial charge on any atom is 0.251 e. The predicted octanol–water partition coefficient (Wildman–Crippen LogP) is 1.13. The lowest BCUT2D eigenvalue weighted by molar-refractivity contribution is 0.0916. The van der Waals surface area contributed by atoms with Gasteiger partial charge in [-0.1, -0.05) is 17.9 Å². The molecule has 0 saturated carbocycles. The van der Waals surface area contributed by atoms with Crippen LogP contribution in [0.5, 0.6) is 0 Å². The molecule has 1 aromatic carbocycles. The molecule has 112 valence electrons. The molecule has 3 N–H and O–H groups in total. The fourth-order valence-electron chi connectivity index (χ4n) is 2.58. The van der Waals surface area contributed by atoms with E-state index in [0.717, 1.165) is 37.1 Å². The largest absolute Gasteiger partial charge is 0.349 e. The summed E-state index contributed by atoms with van der Waals surface area (Å²) in [6.45, 7) is 4.33. The molecule has 1 fully saturated rings. The maximum atomic E-state index is 12.4. The van der Waals surface area contributed by atoms with Gasteiger partial charge >= 0.3 is 0 Å². The van der Waals surface area contributed by atoms with Crippen LogP contribution >= 0.6 is 0 Å². The zero-order valence-electron chi connectivity index (χ0n) is 12.8. The highest BCUT2D eigenvalue weighted by Gasteiger charge is 2.20. The summed E-state index contributed by atoms with van der Waals surface area (Å²) in [7, 11) is 2.11. The lowest BCUT2D eigenvalue weighted by Crippen LogP contribution is -2.43. The van der Waals surface area contributed by atoms with E-state index in [1.807, 2.05) is 25.1 Å². The molecule has 0 unspecified atom stereocenters. The van der Waals surface area contributed by atoms with Crippen LogP contribution in [0.15, 0.2) is 18.2 Å². The summed E-state index contributed by atoms with van der Waals surface area (Å²) in [5.41, 5.74) is 7.90. The number of nitrogens with one attached hydrogen (secondary N) is 1. The molecule has 0 aliphatic carbocycles. The normalized spacial score (nSPS) is 16.1. The van der Waals surface area contributed by atoms with Crippen LogP contribution in [0.2, 0.25) is 0 Å². The minimum Gasteiger partial charge on any atom is -0.349 e. The number of hydrogen-bond acceptors (Lipinski definition) is 3. The van der Waals surface area contributed by atoms with Gasteiger partial charge in [0.25, 0.3) is 5.91 Å². The molecule has 0 spiro atoms. The zero-order chi connectivity index (χ0) is 15.2. The Bertz CT molecular complexity index is 563. The number of amides is 1. The van der Waals surface area contributed by atoms with E-state index in [1.54, 1.807) is 0 Å². The van der Waals surface area contributed by atoms with Gasteiger partial charge in [0.2, 0.25) is 0 Å². The van der Waals surface area contributed by atoms with Crippen LogP contribution in [0.1, 0.15) is 34.3 Å². The first-order valence-electron chi connectivity index (χ1n) is 7.39. The van der Waals surface area contributed by atoms with E-state index in [4.69, 9.17) is 5.73 Å². The molecule has 1 aromatic rings. The van der Waals surface area contributed by atoms with E-state index < -0.39 is 0 Å². The molecule has 1 saturated heterocycles. The summed E-state index contributed by atoms with van der Waals surface area (Å²) >= 11 is 0. The number of rotatable bonds is 2. The van der Waals surface area contributed by atoms with E-state index in [-0.39, 0.29) is 11.9 Å². The third-order valence-corrected chi connectivity index (χ3v) is 3.96. The minimum absolute atomic E-state index is 0.00143. The van der Waals surface area contributed by atoms with Gasteiger partial charge in [-0.3, -0.25) is 4.79 Å². The van der Waals surface area contributed by atoms with Crippen molar-refractivity contribution < 1.29 is 4.79 Å². The number of nitrogens with zero attached hydrogens (tertiary/aromatic N) is 1. The summed E-state index contributed by atoms with van der Waals surface area (Å²) in [6.07, 6.45) is 2.02. The Labute approximate surface area is 126 Å². The third kappa shape index (κ3) is 4.07. The SMILES string of the molecule is Cc1c(C#CCN)cccc1C(=O)NC1CCN(C)CC1. The Kier molecular flexibility index (Phi) is 5.38. The van der Waals surface area contributed by atoms with Gasteiger partial charge in [-0.05, 0) is 57.6 Å². The van der Waals surface area contributed by atoms with Gasteiger partial charge in [0.15, 0.2) is 0 Å². The molecular weight excluding hydrogens is 262 g/mol. The maximum absolute atomic E-state index is 12.4. The lowest BCUT2D eigenvalue weighted by Gasteiger charge is -2.29. The molecule has 0 bridgehead atoms. The first-order valence-corrected chi connectivity index (χ1v) is 7.39. The van der Waals surface area contributed by atoms with Crippen molar-refractivity contribution in [2.75, 3.05) is 26.7 Å². The van der Waals surface area contributed by atoms with Crippen molar-refractivity contribution in [1.29, 1.82) is 0 Å². The summed E-state index contributed by atoms with van der Waals surface area (Å²) in [4.78, 5) is 14.7. The van der Waals surface area contributed by atoms with Gasteiger partial charge in [0.1, 0.15) is 0 Å². The Morgan fingerprint density at radius 2 is 2.14 bits per heavy atom. The first-order chi connectivity index (χ1) is 10.1. The molecule has 0 aromatic heterocycles. The number of carbonyl (C=O) groups is 1. The van der Waals surface area contributed by atoms with E-state index in [0.29, 0.717) is 12.1 Å². The molecule has 1 heterocycles. The topological polar surface area (TPSA) is 58.4 Å². The molecular formula is C17H23N3O. The second-order valence-electron chi connectivity index (χ2n) is 5.54. The highest BCUT2D eigenvalue weighted by atomic mass is 16.1. The van der Waals surface area contributed by atoms with Crippen molar-refractivity contribution in [1.82, 2.24) is 10.2 Å². The van der Waals surface area contributed by atoms with Crippen LogP contribution < -0.4 is 11.1 Å². The molecule has 1 aliphatic heterocycles. The van der Waals surface area contributed by atoms with Gasteiger partial charge in [-0.2, -0.15) is 0 Å². The zero-order valence-corrected chi connectivity index (χ0v) is 12.8. The van der Waals surface area contributed by atoms with Crippen molar-refractivity contribution >= 4 is 5.91 Å². The molecule has 4 heteroatoms. The Hall–Kier alpha value is -1.83. The van der Waals surface area contributed by atoms with Crippen molar-refractivity contribution in [2.45, 2.75) is 25.8 Å². The quantitative estimate of drug-likeness (QED) is 0.801. The summed E-state index contributed by atoms with van der Waals surface area (Å²) in [6, 6.07) is 5.92. The molecule has 4 nitrogen and oxygen atoms in total. The summed E-state index contributed by atoms with van der Waals surface area (Å²) in [5.74, 6) is 5.85. The highest BCUT2D eigenvalue weighted by Crippen LogP contribution is 2.15. The predicted molar refractivity (Wildman–Crippen MR) is 85.1 cm³/mol. The number of likely N-dealkylation sites (tertiary alicyclic amines) is 1. The first kappa shape index (κ1) is 15.6. The Morgan fingerprint density at radius 1 is 1.43 bits per heavy atom. The molecule has 1 aliphatic rings. The van der Waals surface area contributed by atoms with E-state index in [9.17, 15) is 4.79 Å². The average Bonchev–Trinajstić information content (AvgIpc) is 2.48. The average molecular weight is 285 g/mol. The van der Waals surface area contributed by atoms with Crippen molar-refractivity contribution in [3.8, 4) is 11.8 Å². The molecule has 2 rings (SSSR count). The fraction of sp³-hybridized carbons (Fsp3) is 0.471. The van der Waals surface area contributed by atoms with Gasteiger partial charge in [-0.25, -0.2) is 0 Å². The van der Waals surface area contributed by atoms with Crippen molar-refractivity contribution in [3.05, 3.63) is 34.9 Å².